The Morgan fingerprint density at radius 2 is 1.77 bits per heavy atom. The smallest absolute Gasteiger partial charge is 0.252 e. The Balaban J connectivity index is 1.96. The number of sulfonamides is 1. The maximum absolute atomic E-state index is 13.1. The monoisotopic (exact) mass is 458 g/mol. The molecule has 0 radical (unpaired) electrons. The molecule has 1 heterocycles. The van der Waals surface area contributed by atoms with E-state index >= 15 is 0 Å². The van der Waals surface area contributed by atoms with E-state index in [9.17, 15) is 13.2 Å². The number of carbonyl (C=O) groups excluding carboxylic acids is 1. The minimum Gasteiger partial charge on any atom is -0.495 e. The molecule has 0 bridgehead atoms. The first-order valence-electron chi connectivity index (χ1n) is 9.82. The molecule has 3 rings (SSSR count). The summed E-state index contributed by atoms with van der Waals surface area (Å²) >= 11 is 1.55. The van der Waals surface area contributed by atoms with Crippen molar-refractivity contribution in [3.8, 4) is 5.75 Å². The molecule has 0 fully saturated rings. The number of amides is 1. The summed E-state index contributed by atoms with van der Waals surface area (Å²) in [6.45, 7) is 5.47. The number of benzene rings is 2. The third kappa shape index (κ3) is 5.52. The Morgan fingerprint density at radius 1 is 1.06 bits per heavy atom. The molecule has 1 aromatic heterocycles. The number of carbonyl (C=O) groups is 1. The first kappa shape index (κ1) is 23.0. The quantitative estimate of drug-likeness (QED) is 0.528. The molecule has 2 aromatic carbocycles. The van der Waals surface area contributed by atoms with Crippen molar-refractivity contribution < 1.29 is 17.9 Å². The van der Waals surface area contributed by atoms with Gasteiger partial charge in [-0.05, 0) is 56.0 Å². The fourth-order valence-electron chi connectivity index (χ4n) is 3.15. The number of nitrogens with one attached hydrogen (secondary N) is 2. The fourth-order valence-corrected chi connectivity index (χ4v) is 5.40. The zero-order chi connectivity index (χ0) is 22.6. The van der Waals surface area contributed by atoms with E-state index in [1.54, 1.807) is 31.3 Å². The molecule has 2 N–H and O–H groups in total. The van der Waals surface area contributed by atoms with Gasteiger partial charge < -0.3 is 10.1 Å². The van der Waals surface area contributed by atoms with Gasteiger partial charge in [-0.25, -0.2) is 13.1 Å². The van der Waals surface area contributed by atoms with Crippen molar-refractivity contribution in [2.24, 2.45) is 0 Å². The summed E-state index contributed by atoms with van der Waals surface area (Å²) in [7, 11) is -2.44. The fraction of sp³-hybridized carbons (Fsp3) is 0.261. The molecular formula is C23H26N2O4S2. The minimum atomic E-state index is -3.84. The lowest BCUT2D eigenvalue weighted by Gasteiger charge is -2.19. The predicted molar refractivity (Wildman–Crippen MR) is 123 cm³/mol. The first-order chi connectivity index (χ1) is 14.7. The molecule has 31 heavy (non-hydrogen) atoms. The molecule has 0 aliphatic carbocycles. The normalized spacial score (nSPS) is 12.5. The van der Waals surface area contributed by atoms with Gasteiger partial charge in [-0.3, -0.25) is 4.79 Å². The van der Waals surface area contributed by atoms with Crippen molar-refractivity contribution in [1.82, 2.24) is 10.0 Å². The summed E-state index contributed by atoms with van der Waals surface area (Å²) in [4.78, 5) is 14.0. The highest BCUT2D eigenvalue weighted by Crippen LogP contribution is 2.28. The third-order valence-corrected chi connectivity index (χ3v) is 7.24. The molecule has 6 nitrogen and oxygen atoms in total. The summed E-state index contributed by atoms with van der Waals surface area (Å²) in [6.07, 6.45) is 0. The lowest BCUT2D eigenvalue weighted by Crippen LogP contribution is -2.31. The third-order valence-electron chi connectivity index (χ3n) is 4.62. The van der Waals surface area contributed by atoms with E-state index in [-0.39, 0.29) is 34.2 Å². The van der Waals surface area contributed by atoms with Gasteiger partial charge in [0.25, 0.3) is 5.91 Å². The minimum absolute atomic E-state index is 0.0700. The van der Waals surface area contributed by atoms with Crippen LogP contribution in [0.15, 0.2) is 64.9 Å². The predicted octanol–water partition coefficient (Wildman–Crippen LogP) is 4.27. The number of hydrogen-bond donors (Lipinski definition) is 2. The van der Waals surface area contributed by atoms with Crippen LogP contribution >= 0.6 is 11.3 Å². The summed E-state index contributed by atoms with van der Waals surface area (Å²) in [5.74, 6) is -0.194. The van der Waals surface area contributed by atoms with Crippen molar-refractivity contribution >= 4 is 27.3 Å². The standard InChI is InChI=1S/C23H26N2O4S2/c1-15(2)25-31(27,28)21-14-18(11-12-19(21)29-4)23(26)24-22(20-6-5-13-30-20)17-9-7-16(3)8-10-17/h5-15,22,25H,1-4H3,(H,24,26). The molecule has 8 heteroatoms. The van der Waals surface area contributed by atoms with E-state index < -0.39 is 10.0 Å². The van der Waals surface area contributed by atoms with Crippen LogP contribution in [0, 0.1) is 6.92 Å². The number of methoxy groups -OCH3 is 1. The maximum Gasteiger partial charge on any atom is 0.252 e. The van der Waals surface area contributed by atoms with E-state index in [1.165, 1.54) is 19.2 Å². The number of rotatable bonds is 8. The Labute approximate surface area is 187 Å². The summed E-state index contributed by atoms with van der Waals surface area (Å²) < 4.78 is 33.2. The van der Waals surface area contributed by atoms with Gasteiger partial charge >= 0.3 is 0 Å². The van der Waals surface area contributed by atoms with Gasteiger partial charge in [0.05, 0.1) is 13.2 Å². The van der Waals surface area contributed by atoms with Gasteiger partial charge in [0.15, 0.2) is 0 Å². The van der Waals surface area contributed by atoms with E-state index in [4.69, 9.17) is 4.74 Å². The van der Waals surface area contributed by atoms with Crippen molar-refractivity contribution in [1.29, 1.82) is 0 Å². The van der Waals surface area contributed by atoms with Gasteiger partial charge in [0, 0.05) is 16.5 Å². The lowest BCUT2D eigenvalue weighted by atomic mass is 10.0. The summed E-state index contributed by atoms with van der Waals surface area (Å²) in [5.41, 5.74) is 2.31. The highest BCUT2D eigenvalue weighted by atomic mass is 32.2. The average Bonchev–Trinajstić information content (AvgIpc) is 3.25. The largest absolute Gasteiger partial charge is 0.495 e. The van der Waals surface area contributed by atoms with Crippen LogP contribution in [0.25, 0.3) is 0 Å². The Kier molecular flexibility index (Phi) is 7.15. The van der Waals surface area contributed by atoms with Crippen molar-refractivity contribution in [3.05, 3.63) is 81.5 Å². The van der Waals surface area contributed by atoms with Crippen molar-refractivity contribution in [3.63, 3.8) is 0 Å². The molecule has 3 aromatic rings. The van der Waals surface area contributed by atoms with Gasteiger partial charge in [-0.1, -0.05) is 35.9 Å². The SMILES string of the molecule is COc1ccc(C(=O)NC(c2ccc(C)cc2)c2cccs2)cc1S(=O)(=O)NC(C)C. The van der Waals surface area contributed by atoms with E-state index in [1.807, 2.05) is 48.7 Å². The van der Waals surface area contributed by atoms with Gasteiger partial charge in [-0.15, -0.1) is 11.3 Å². The number of ether oxygens (including phenoxy) is 1. The van der Waals surface area contributed by atoms with Crippen LogP contribution in [0.1, 0.15) is 46.3 Å². The molecule has 0 saturated heterocycles. The van der Waals surface area contributed by atoms with Crippen LogP contribution in [0.5, 0.6) is 5.75 Å². The number of hydrogen-bond acceptors (Lipinski definition) is 5. The summed E-state index contributed by atoms with van der Waals surface area (Å²) in [5, 5.41) is 5.00. The van der Waals surface area contributed by atoms with Crippen molar-refractivity contribution in [2.75, 3.05) is 7.11 Å². The second-order valence-electron chi connectivity index (χ2n) is 7.47. The molecule has 1 amide bonds. The van der Waals surface area contributed by atoms with E-state index in [0.717, 1.165) is 16.0 Å². The average molecular weight is 459 g/mol. The highest BCUT2D eigenvalue weighted by molar-refractivity contribution is 7.89. The maximum atomic E-state index is 13.1. The number of thiophene rings is 1. The molecule has 1 atom stereocenters. The first-order valence-corrected chi connectivity index (χ1v) is 12.2. The van der Waals surface area contributed by atoms with Gasteiger partial charge in [-0.2, -0.15) is 0 Å². The Morgan fingerprint density at radius 3 is 2.35 bits per heavy atom. The molecule has 164 valence electrons. The van der Waals surface area contributed by atoms with Crippen LogP contribution in [0.4, 0.5) is 0 Å². The van der Waals surface area contributed by atoms with Gasteiger partial charge in [0.1, 0.15) is 10.6 Å². The van der Waals surface area contributed by atoms with Crippen LogP contribution in [-0.4, -0.2) is 27.5 Å². The molecule has 0 aliphatic rings. The molecular weight excluding hydrogens is 432 g/mol. The number of aryl methyl sites for hydroxylation is 1. The zero-order valence-corrected chi connectivity index (χ0v) is 19.5. The Bertz CT molecular complexity index is 1140. The van der Waals surface area contributed by atoms with Crippen LogP contribution in [-0.2, 0) is 10.0 Å². The molecule has 0 aliphatic heterocycles. The highest BCUT2D eigenvalue weighted by Gasteiger charge is 2.24. The summed E-state index contributed by atoms with van der Waals surface area (Å²) in [6, 6.07) is 15.6. The molecule has 0 spiro atoms. The Hall–Kier alpha value is -2.68. The van der Waals surface area contributed by atoms with E-state index in [2.05, 4.69) is 10.0 Å². The second-order valence-corrected chi connectivity index (χ2v) is 10.1. The van der Waals surface area contributed by atoms with Crippen molar-refractivity contribution in [2.45, 2.75) is 37.8 Å². The van der Waals surface area contributed by atoms with Crippen LogP contribution < -0.4 is 14.8 Å². The molecule has 1 unspecified atom stereocenters. The zero-order valence-electron chi connectivity index (χ0n) is 17.9. The second kappa shape index (κ2) is 9.64. The topological polar surface area (TPSA) is 84.5 Å². The lowest BCUT2D eigenvalue weighted by molar-refractivity contribution is 0.0943. The van der Waals surface area contributed by atoms with Crippen LogP contribution in [0.2, 0.25) is 0 Å². The van der Waals surface area contributed by atoms with Gasteiger partial charge in [0.2, 0.25) is 10.0 Å². The van der Waals surface area contributed by atoms with Crippen LogP contribution in [0.3, 0.4) is 0 Å². The van der Waals surface area contributed by atoms with E-state index in [0.29, 0.717) is 0 Å². The molecule has 0 saturated carbocycles.